The van der Waals surface area contributed by atoms with Gasteiger partial charge in [0.2, 0.25) is 5.88 Å². The summed E-state index contributed by atoms with van der Waals surface area (Å²) in [7, 11) is 0. The predicted molar refractivity (Wildman–Crippen MR) is 69.6 cm³/mol. The van der Waals surface area contributed by atoms with Gasteiger partial charge in [-0.05, 0) is 19.9 Å². The molecule has 2 rings (SSSR count). The third-order valence-corrected chi connectivity index (χ3v) is 2.92. The Hall–Kier alpha value is -1.36. The lowest BCUT2D eigenvalue weighted by Gasteiger charge is -2.06. The largest absolute Gasteiger partial charge is 0.435 e. The second-order valence-corrected chi connectivity index (χ2v) is 4.51. The van der Waals surface area contributed by atoms with Crippen molar-refractivity contribution >= 4 is 15.9 Å². The van der Waals surface area contributed by atoms with Crippen LogP contribution in [0.25, 0.3) is 0 Å². The standard InChI is InChI=1S/C12H14BrN3O/c1-9(2)16-8-11(7-15-16)17-12-10(6-13)4-3-5-14-12/h3-5,7-9H,6H2,1-2H3. The quantitative estimate of drug-likeness (QED) is 0.810. The van der Waals surface area contributed by atoms with Crippen molar-refractivity contribution in [1.82, 2.24) is 14.8 Å². The Kier molecular flexibility index (Phi) is 3.78. The summed E-state index contributed by atoms with van der Waals surface area (Å²) in [5, 5.41) is 4.94. The molecular formula is C12H14BrN3O. The van der Waals surface area contributed by atoms with Gasteiger partial charge in [0.15, 0.2) is 5.75 Å². The fourth-order valence-electron chi connectivity index (χ4n) is 1.39. The molecule has 17 heavy (non-hydrogen) atoms. The third-order valence-electron chi connectivity index (χ3n) is 2.32. The SMILES string of the molecule is CC(C)n1cc(Oc2ncccc2CBr)cn1. The second-order valence-electron chi connectivity index (χ2n) is 3.95. The lowest BCUT2D eigenvalue weighted by molar-refractivity contribution is 0.455. The summed E-state index contributed by atoms with van der Waals surface area (Å²) in [5.41, 5.74) is 1.02. The summed E-state index contributed by atoms with van der Waals surface area (Å²) in [6.45, 7) is 4.14. The minimum absolute atomic E-state index is 0.326. The number of aromatic nitrogens is 3. The number of hydrogen-bond donors (Lipinski definition) is 0. The zero-order valence-electron chi connectivity index (χ0n) is 9.80. The number of pyridine rings is 1. The van der Waals surface area contributed by atoms with Crippen molar-refractivity contribution in [2.75, 3.05) is 0 Å². The molecule has 4 nitrogen and oxygen atoms in total. The molecule has 0 unspecified atom stereocenters. The van der Waals surface area contributed by atoms with E-state index >= 15 is 0 Å². The molecule has 0 saturated heterocycles. The molecule has 0 aliphatic heterocycles. The number of rotatable bonds is 4. The van der Waals surface area contributed by atoms with Crippen LogP contribution in [0.15, 0.2) is 30.7 Å². The van der Waals surface area contributed by atoms with Crippen LogP contribution in [0, 0.1) is 0 Å². The molecule has 90 valence electrons. The van der Waals surface area contributed by atoms with Crippen molar-refractivity contribution in [3.8, 4) is 11.6 Å². The molecule has 0 fully saturated rings. The number of nitrogens with zero attached hydrogens (tertiary/aromatic N) is 3. The van der Waals surface area contributed by atoms with Crippen LogP contribution < -0.4 is 4.74 Å². The van der Waals surface area contributed by atoms with Crippen LogP contribution in [0.4, 0.5) is 0 Å². The average molecular weight is 296 g/mol. The number of ether oxygens (including phenoxy) is 1. The van der Waals surface area contributed by atoms with E-state index in [9.17, 15) is 0 Å². The van der Waals surface area contributed by atoms with Gasteiger partial charge in [-0.2, -0.15) is 5.10 Å². The van der Waals surface area contributed by atoms with Crippen LogP contribution in [-0.2, 0) is 5.33 Å². The molecule has 0 saturated carbocycles. The summed E-state index contributed by atoms with van der Waals surface area (Å²) in [5.74, 6) is 1.33. The van der Waals surface area contributed by atoms with Crippen molar-refractivity contribution in [3.05, 3.63) is 36.3 Å². The van der Waals surface area contributed by atoms with E-state index in [1.165, 1.54) is 0 Å². The lowest BCUT2D eigenvalue weighted by atomic mass is 10.3. The fraction of sp³-hybridized carbons (Fsp3) is 0.333. The molecule has 0 N–H and O–H groups in total. The predicted octanol–water partition coefficient (Wildman–Crippen LogP) is 3.55. The molecule has 0 amide bonds. The van der Waals surface area contributed by atoms with E-state index < -0.39 is 0 Å². The van der Waals surface area contributed by atoms with E-state index in [-0.39, 0.29) is 0 Å². The van der Waals surface area contributed by atoms with Gasteiger partial charge in [-0.3, -0.25) is 4.68 Å². The Morgan fingerprint density at radius 1 is 1.47 bits per heavy atom. The van der Waals surface area contributed by atoms with Crippen LogP contribution >= 0.6 is 15.9 Å². The molecule has 0 spiro atoms. The zero-order chi connectivity index (χ0) is 12.3. The Morgan fingerprint density at radius 2 is 2.29 bits per heavy atom. The molecule has 2 aromatic rings. The Labute approximate surface area is 109 Å². The number of alkyl halides is 1. The maximum absolute atomic E-state index is 5.71. The van der Waals surface area contributed by atoms with Crippen LogP contribution in [0.3, 0.4) is 0 Å². The normalized spacial score (nSPS) is 10.8. The van der Waals surface area contributed by atoms with Gasteiger partial charge in [-0.1, -0.05) is 22.0 Å². The smallest absolute Gasteiger partial charge is 0.223 e. The lowest BCUT2D eigenvalue weighted by Crippen LogP contribution is -1.99. The Bertz CT molecular complexity index is 496. The van der Waals surface area contributed by atoms with E-state index in [0.717, 1.165) is 5.56 Å². The summed E-state index contributed by atoms with van der Waals surface area (Å²) < 4.78 is 7.56. The van der Waals surface area contributed by atoms with Crippen LogP contribution in [-0.4, -0.2) is 14.8 Å². The highest BCUT2D eigenvalue weighted by Crippen LogP contribution is 2.24. The van der Waals surface area contributed by atoms with E-state index in [1.54, 1.807) is 12.4 Å². The van der Waals surface area contributed by atoms with Crippen molar-refractivity contribution < 1.29 is 4.74 Å². The summed E-state index contributed by atoms with van der Waals surface area (Å²) >= 11 is 3.41. The van der Waals surface area contributed by atoms with Crippen LogP contribution in [0.5, 0.6) is 11.6 Å². The Balaban J connectivity index is 2.19. The third kappa shape index (κ3) is 2.85. The highest BCUT2D eigenvalue weighted by molar-refractivity contribution is 9.08. The molecule has 5 heteroatoms. The van der Waals surface area contributed by atoms with Crippen molar-refractivity contribution in [1.29, 1.82) is 0 Å². The minimum atomic E-state index is 0.326. The van der Waals surface area contributed by atoms with Crippen molar-refractivity contribution in [2.24, 2.45) is 0 Å². The molecule has 0 aliphatic carbocycles. The molecule has 0 bridgehead atoms. The molecule has 0 atom stereocenters. The van der Waals surface area contributed by atoms with Gasteiger partial charge in [0, 0.05) is 23.1 Å². The number of hydrogen-bond acceptors (Lipinski definition) is 3. The Morgan fingerprint density at radius 3 is 2.94 bits per heavy atom. The first-order chi connectivity index (χ1) is 8.20. The maximum Gasteiger partial charge on any atom is 0.223 e. The van der Waals surface area contributed by atoms with Gasteiger partial charge < -0.3 is 4.74 Å². The maximum atomic E-state index is 5.71. The van der Waals surface area contributed by atoms with E-state index in [1.807, 2.05) is 23.0 Å². The summed E-state index contributed by atoms with van der Waals surface area (Å²) in [4.78, 5) is 4.21. The highest BCUT2D eigenvalue weighted by Gasteiger charge is 2.07. The molecule has 2 aromatic heterocycles. The summed E-state index contributed by atoms with van der Waals surface area (Å²) in [6.07, 6.45) is 5.29. The van der Waals surface area contributed by atoms with E-state index in [4.69, 9.17) is 4.74 Å². The molecular weight excluding hydrogens is 282 g/mol. The first-order valence-electron chi connectivity index (χ1n) is 5.42. The van der Waals surface area contributed by atoms with Gasteiger partial charge in [0.25, 0.3) is 0 Å². The molecule has 0 aromatic carbocycles. The van der Waals surface area contributed by atoms with Gasteiger partial charge >= 0.3 is 0 Å². The topological polar surface area (TPSA) is 39.9 Å². The average Bonchev–Trinajstić information content (AvgIpc) is 2.78. The second kappa shape index (κ2) is 5.31. The first-order valence-corrected chi connectivity index (χ1v) is 6.54. The van der Waals surface area contributed by atoms with E-state index in [2.05, 4.69) is 39.9 Å². The van der Waals surface area contributed by atoms with Gasteiger partial charge in [0.05, 0.1) is 12.4 Å². The monoisotopic (exact) mass is 295 g/mol. The van der Waals surface area contributed by atoms with E-state index in [0.29, 0.717) is 23.0 Å². The van der Waals surface area contributed by atoms with Crippen molar-refractivity contribution in [3.63, 3.8) is 0 Å². The van der Waals surface area contributed by atoms with Gasteiger partial charge in [-0.15, -0.1) is 0 Å². The van der Waals surface area contributed by atoms with Gasteiger partial charge in [-0.25, -0.2) is 4.98 Å². The van der Waals surface area contributed by atoms with Crippen LogP contribution in [0.1, 0.15) is 25.5 Å². The number of halogens is 1. The molecule has 2 heterocycles. The molecule has 0 radical (unpaired) electrons. The van der Waals surface area contributed by atoms with Crippen LogP contribution in [0.2, 0.25) is 0 Å². The fourth-order valence-corrected chi connectivity index (χ4v) is 1.81. The molecule has 0 aliphatic rings. The first kappa shape index (κ1) is 12.1. The minimum Gasteiger partial charge on any atom is -0.435 e. The highest BCUT2D eigenvalue weighted by atomic mass is 79.9. The zero-order valence-corrected chi connectivity index (χ0v) is 11.4. The van der Waals surface area contributed by atoms with Crippen molar-refractivity contribution in [2.45, 2.75) is 25.2 Å². The summed E-state index contributed by atoms with van der Waals surface area (Å²) in [6, 6.07) is 4.19. The van der Waals surface area contributed by atoms with Gasteiger partial charge in [0.1, 0.15) is 0 Å².